The fourth-order valence-electron chi connectivity index (χ4n) is 2.09. The monoisotopic (exact) mass is 389 g/mol. The van der Waals surface area contributed by atoms with Crippen LogP contribution in [0.2, 0.25) is 0 Å². The highest BCUT2D eigenvalue weighted by atomic mass is 35.5. The van der Waals surface area contributed by atoms with Gasteiger partial charge in [-0.2, -0.15) is 0 Å². The van der Waals surface area contributed by atoms with Crippen molar-refractivity contribution in [3.05, 3.63) is 51.5 Å². The van der Waals surface area contributed by atoms with Gasteiger partial charge in [0.25, 0.3) is 0 Å². The standard InChI is InChI=1S/C15H19N3O3S2.ClH/c1-23(20,21)10-15-17-13(9-22-15)7-6-11-2-4-12(5-3-11)8-14(19)18-16;/h2-5,9H,6-8,10,16H2,1H3,(H,18,19);1H. The Bertz CT molecular complexity index is 774. The lowest BCUT2D eigenvalue weighted by Gasteiger charge is -2.03. The van der Waals surface area contributed by atoms with Gasteiger partial charge in [0.2, 0.25) is 5.91 Å². The molecule has 1 aromatic heterocycles. The molecule has 0 saturated carbocycles. The molecule has 9 heteroatoms. The minimum absolute atomic E-state index is 0. The second-order valence-corrected chi connectivity index (χ2v) is 8.45. The molecule has 132 valence electrons. The summed E-state index contributed by atoms with van der Waals surface area (Å²) in [6.45, 7) is 0. The summed E-state index contributed by atoms with van der Waals surface area (Å²) in [5.41, 5.74) is 5.05. The largest absolute Gasteiger partial charge is 0.294 e. The van der Waals surface area contributed by atoms with Gasteiger partial charge in [0.15, 0.2) is 9.84 Å². The Kier molecular flexibility index (Phi) is 7.82. The number of nitrogens with two attached hydrogens (primary N) is 1. The number of nitrogens with one attached hydrogen (secondary N) is 1. The molecule has 0 spiro atoms. The smallest absolute Gasteiger partial charge is 0.238 e. The van der Waals surface area contributed by atoms with E-state index in [0.717, 1.165) is 29.7 Å². The third-order valence-corrected chi connectivity index (χ3v) is 5.08. The molecule has 0 atom stereocenters. The normalized spacial score (nSPS) is 10.9. The molecule has 1 aromatic carbocycles. The molecule has 6 nitrogen and oxygen atoms in total. The molecule has 1 heterocycles. The maximum Gasteiger partial charge on any atom is 0.238 e. The van der Waals surface area contributed by atoms with Gasteiger partial charge in [-0.15, -0.1) is 23.7 Å². The van der Waals surface area contributed by atoms with Crippen LogP contribution < -0.4 is 11.3 Å². The van der Waals surface area contributed by atoms with Crippen molar-refractivity contribution in [2.24, 2.45) is 5.84 Å². The lowest BCUT2D eigenvalue weighted by atomic mass is 10.0. The van der Waals surface area contributed by atoms with Crippen LogP contribution in [0.4, 0.5) is 0 Å². The number of carbonyl (C=O) groups is 1. The van der Waals surface area contributed by atoms with Crippen molar-refractivity contribution in [3.8, 4) is 0 Å². The number of sulfone groups is 1. The number of amides is 1. The third-order valence-electron chi connectivity index (χ3n) is 3.20. The minimum atomic E-state index is -3.04. The zero-order valence-electron chi connectivity index (χ0n) is 13.2. The van der Waals surface area contributed by atoms with Crippen LogP contribution in [-0.4, -0.2) is 25.6 Å². The van der Waals surface area contributed by atoms with Gasteiger partial charge in [-0.1, -0.05) is 24.3 Å². The maximum absolute atomic E-state index is 11.2. The molecular formula is C15H20ClN3O3S2. The average Bonchev–Trinajstić information content (AvgIpc) is 2.92. The highest BCUT2D eigenvalue weighted by Crippen LogP contribution is 2.15. The Labute approximate surface area is 151 Å². The molecule has 1 amide bonds. The van der Waals surface area contributed by atoms with E-state index < -0.39 is 9.84 Å². The molecule has 0 aliphatic rings. The van der Waals surface area contributed by atoms with Crippen molar-refractivity contribution in [2.45, 2.75) is 25.0 Å². The molecule has 2 rings (SSSR count). The summed E-state index contributed by atoms with van der Waals surface area (Å²) in [7, 11) is -3.04. The number of nitrogens with zero attached hydrogens (tertiary/aromatic N) is 1. The fraction of sp³-hybridized carbons (Fsp3) is 0.333. The molecule has 0 saturated heterocycles. The SMILES string of the molecule is CS(=O)(=O)Cc1nc(CCc2ccc(CC(=O)NN)cc2)cs1.Cl. The van der Waals surface area contributed by atoms with Crippen LogP contribution in [0, 0.1) is 0 Å². The van der Waals surface area contributed by atoms with Crippen molar-refractivity contribution in [3.63, 3.8) is 0 Å². The van der Waals surface area contributed by atoms with Crippen molar-refractivity contribution in [1.82, 2.24) is 10.4 Å². The van der Waals surface area contributed by atoms with E-state index in [1.807, 2.05) is 29.6 Å². The van der Waals surface area contributed by atoms with Gasteiger partial charge >= 0.3 is 0 Å². The fourth-order valence-corrected chi connectivity index (χ4v) is 4.13. The first-order chi connectivity index (χ1) is 10.9. The minimum Gasteiger partial charge on any atom is -0.294 e. The molecule has 2 aromatic rings. The van der Waals surface area contributed by atoms with Crippen LogP contribution in [-0.2, 0) is 39.6 Å². The van der Waals surface area contributed by atoms with Crippen LogP contribution in [0.3, 0.4) is 0 Å². The van der Waals surface area contributed by atoms with Crippen molar-refractivity contribution < 1.29 is 13.2 Å². The summed E-state index contributed by atoms with van der Waals surface area (Å²) >= 11 is 1.38. The van der Waals surface area contributed by atoms with E-state index in [4.69, 9.17) is 5.84 Å². The lowest BCUT2D eigenvalue weighted by Crippen LogP contribution is -2.31. The van der Waals surface area contributed by atoms with Gasteiger partial charge in [0.1, 0.15) is 10.8 Å². The molecular weight excluding hydrogens is 370 g/mol. The second kappa shape index (κ2) is 9.12. The zero-order chi connectivity index (χ0) is 16.9. The Morgan fingerprint density at radius 1 is 1.21 bits per heavy atom. The number of halogens is 1. The zero-order valence-corrected chi connectivity index (χ0v) is 15.6. The highest BCUT2D eigenvalue weighted by molar-refractivity contribution is 7.90. The average molecular weight is 390 g/mol. The maximum atomic E-state index is 11.2. The van der Waals surface area contributed by atoms with Gasteiger partial charge < -0.3 is 0 Å². The molecule has 0 fully saturated rings. The summed E-state index contributed by atoms with van der Waals surface area (Å²) in [4.78, 5) is 15.5. The first-order valence-electron chi connectivity index (χ1n) is 7.04. The Hall–Kier alpha value is -1.48. The van der Waals surface area contributed by atoms with Gasteiger partial charge in [-0.05, 0) is 24.0 Å². The number of aryl methyl sites for hydroxylation is 2. The Morgan fingerprint density at radius 3 is 2.42 bits per heavy atom. The van der Waals surface area contributed by atoms with Crippen molar-refractivity contribution in [2.75, 3.05) is 6.26 Å². The highest BCUT2D eigenvalue weighted by Gasteiger charge is 2.09. The predicted molar refractivity (Wildman–Crippen MR) is 97.8 cm³/mol. The molecule has 0 bridgehead atoms. The van der Waals surface area contributed by atoms with E-state index in [2.05, 4.69) is 10.4 Å². The Balaban J connectivity index is 0.00000288. The Morgan fingerprint density at radius 2 is 1.83 bits per heavy atom. The number of hydrogen-bond donors (Lipinski definition) is 2. The summed E-state index contributed by atoms with van der Waals surface area (Å²) < 4.78 is 22.5. The van der Waals surface area contributed by atoms with Gasteiger partial charge in [-0.3, -0.25) is 10.2 Å². The molecule has 24 heavy (non-hydrogen) atoms. The van der Waals surface area contributed by atoms with Crippen LogP contribution in [0.5, 0.6) is 0 Å². The topological polar surface area (TPSA) is 102 Å². The molecule has 0 unspecified atom stereocenters. The second-order valence-electron chi connectivity index (χ2n) is 5.36. The van der Waals surface area contributed by atoms with Gasteiger partial charge in [-0.25, -0.2) is 19.2 Å². The lowest BCUT2D eigenvalue weighted by molar-refractivity contribution is -0.120. The number of hydrazine groups is 1. The van der Waals surface area contributed by atoms with E-state index in [-0.39, 0.29) is 30.5 Å². The van der Waals surface area contributed by atoms with Crippen LogP contribution >= 0.6 is 23.7 Å². The predicted octanol–water partition coefficient (Wildman–Crippen LogP) is 1.43. The first kappa shape index (κ1) is 20.6. The number of rotatable bonds is 7. The number of carbonyl (C=O) groups excluding carboxylic acids is 1. The third kappa shape index (κ3) is 6.96. The van der Waals surface area contributed by atoms with Crippen molar-refractivity contribution >= 4 is 39.5 Å². The van der Waals surface area contributed by atoms with E-state index in [1.54, 1.807) is 0 Å². The number of benzene rings is 1. The van der Waals surface area contributed by atoms with Crippen LogP contribution in [0.15, 0.2) is 29.6 Å². The molecule has 0 radical (unpaired) electrons. The van der Waals surface area contributed by atoms with E-state index >= 15 is 0 Å². The van der Waals surface area contributed by atoms with Gasteiger partial charge in [0.05, 0.1) is 12.1 Å². The summed E-state index contributed by atoms with van der Waals surface area (Å²) in [5.74, 6) is 4.83. The summed E-state index contributed by atoms with van der Waals surface area (Å²) in [6, 6.07) is 7.76. The van der Waals surface area contributed by atoms with Crippen molar-refractivity contribution in [1.29, 1.82) is 0 Å². The van der Waals surface area contributed by atoms with E-state index in [1.165, 1.54) is 17.6 Å². The number of thiazole rings is 1. The summed E-state index contributed by atoms with van der Waals surface area (Å²) in [5, 5.41) is 2.53. The van der Waals surface area contributed by atoms with E-state index in [0.29, 0.717) is 5.01 Å². The molecule has 0 aliphatic heterocycles. The van der Waals surface area contributed by atoms with Crippen LogP contribution in [0.25, 0.3) is 0 Å². The summed E-state index contributed by atoms with van der Waals surface area (Å²) in [6.07, 6.45) is 3.03. The molecule has 3 N–H and O–H groups in total. The van der Waals surface area contributed by atoms with Gasteiger partial charge in [0, 0.05) is 11.6 Å². The van der Waals surface area contributed by atoms with E-state index in [9.17, 15) is 13.2 Å². The number of hydrogen-bond acceptors (Lipinski definition) is 6. The molecule has 0 aliphatic carbocycles. The van der Waals surface area contributed by atoms with Crippen LogP contribution in [0.1, 0.15) is 21.8 Å². The number of aromatic nitrogens is 1. The quantitative estimate of drug-likeness (QED) is 0.423. The first-order valence-corrected chi connectivity index (χ1v) is 9.98.